The summed E-state index contributed by atoms with van der Waals surface area (Å²) in [7, 11) is 0. The van der Waals surface area contributed by atoms with Crippen LogP contribution in [0.2, 0.25) is 0 Å². The molecule has 142 valence electrons. The number of halogens is 1. The summed E-state index contributed by atoms with van der Waals surface area (Å²) < 4.78 is 13.4. The van der Waals surface area contributed by atoms with Crippen molar-refractivity contribution in [3.05, 3.63) is 57.3 Å². The second kappa shape index (κ2) is 7.69. The number of nitrogens with zero attached hydrogens (tertiary/aromatic N) is 2. The molecule has 3 aromatic rings. The lowest BCUT2D eigenvalue weighted by Crippen LogP contribution is -2.14. The summed E-state index contributed by atoms with van der Waals surface area (Å²) in [5.41, 5.74) is 3.19. The van der Waals surface area contributed by atoms with Crippen LogP contribution >= 0.6 is 11.3 Å². The fraction of sp³-hybridized carbons (Fsp3) is 0.318. The van der Waals surface area contributed by atoms with Crippen molar-refractivity contribution in [3.8, 4) is 6.07 Å². The van der Waals surface area contributed by atoms with Gasteiger partial charge in [0.15, 0.2) is 0 Å². The van der Waals surface area contributed by atoms with Gasteiger partial charge in [-0.2, -0.15) is 5.26 Å². The van der Waals surface area contributed by atoms with Crippen LogP contribution in [0, 0.1) is 24.1 Å². The first-order chi connectivity index (χ1) is 13.6. The van der Waals surface area contributed by atoms with Gasteiger partial charge in [0.05, 0.1) is 22.3 Å². The summed E-state index contributed by atoms with van der Waals surface area (Å²) in [5, 5.41) is 14.0. The third kappa shape index (κ3) is 3.50. The Morgan fingerprint density at radius 3 is 2.79 bits per heavy atom. The topological polar surface area (TPSA) is 65.8 Å². The molecular formula is C22H20FN3OS. The van der Waals surface area contributed by atoms with Crippen molar-refractivity contribution in [2.75, 3.05) is 5.32 Å². The standard InChI is InChI=1S/C22H20FN3OS/c1-13-17(10-14-8-9-15(23)11-19(14)25-13)21(27)26-22-18(12-24)16-6-4-2-3-5-7-20(16)28-22/h8-11H,2-7H2,1H3,(H,26,27). The van der Waals surface area contributed by atoms with E-state index in [1.807, 2.05) is 0 Å². The number of carbonyl (C=O) groups excluding carboxylic acids is 1. The molecule has 2 aromatic heterocycles. The van der Waals surface area contributed by atoms with Crippen LogP contribution in [0.3, 0.4) is 0 Å². The number of aromatic nitrogens is 1. The SMILES string of the molecule is Cc1nc2cc(F)ccc2cc1C(=O)Nc1sc2c(c1C#N)CCCCCC2. The molecule has 1 aliphatic carbocycles. The first-order valence-corrected chi connectivity index (χ1v) is 10.3. The second-order valence-corrected chi connectivity index (χ2v) is 8.25. The van der Waals surface area contributed by atoms with E-state index in [-0.39, 0.29) is 11.7 Å². The van der Waals surface area contributed by atoms with Crippen molar-refractivity contribution in [2.45, 2.75) is 45.4 Å². The maximum Gasteiger partial charge on any atom is 0.258 e. The minimum atomic E-state index is -0.355. The Morgan fingerprint density at radius 2 is 2.00 bits per heavy atom. The van der Waals surface area contributed by atoms with Gasteiger partial charge in [0.2, 0.25) is 0 Å². The minimum Gasteiger partial charge on any atom is -0.312 e. The number of hydrogen-bond donors (Lipinski definition) is 1. The summed E-state index contributed by atoms with van der Waals surface area (Å²) in [6, 6.07) is 8.35. The van der Waals surface area contributed by atoms with Crippen molar-refractivity contribution in [2.24, 2.45) is 0 Å². The van der Waals surface area contributed by atoms with Crippen molar-refractivity contribution >= 4 is 33.1 Å². The van der Waals surface area contributed by atoms with E-state index in [4.69, 9.17) is 0 Å². The highest BCUT2D eigenvalue weighted by atomic mass is 32.1. The number of pyridine rings is 1. The number of hydrogen-bond acceptors (Lipinski definition) is 4. The van der Waals surface area contributed by atoms with Gasteiger partial charge in [-0.25, -0.2) is 4.39 Å². The summed E-state index contributed by atoms with van der Waals surface area (Å²) in [6.07, 6.45) is 6.46. The fourth-order valence-electron chi connectivity index (χ4n) is 3.76. The van der Waals surface area contributed by atoms with Gasteiger partial charge in [-0.3, -0.25) is 9.78 Å². The van der Waals surface area contributed by atoms with Gasteiger partial charge in [0.25, 0.3) is 5.91 Å². The first kappa shape index (κ1) is 18.6. The zero-order valence-corrected chi connectivity index (χ0v) is 16.5. The van der Waals surface area contributed by atoms with E-state index >= 15 is 0 Å². The van der Waals surface area contributed by atoms with Gasteiger partial charge in [0, 0.05) is 16.3 Å². The van der Waals surface area contributed by atoms with Crippen molar-refractivity contribution < 1.29 is 9.18 Å². The molecule has 4 rings (SSSR count). The third-order valence-corrected chi connectivity index (χ3v) is 6.43. The summed E-state index contributed by atoms with van der Waals surface area (Å²) in [4.78, 5) is 18.5. The number of thiophene rings is 1. The molecule has 1 aliphatic rings. The van der Waals surface area contributed by atoms with Crippen LogP contribution < -0.4 is 5.32 Å². The van der Waals surface area contributed by atoms with Crippen molar-refractivity contribution in [1.29, 1.82) is 5.26 Å². The molecule has 1 N–H and O–H groups in total. The highest BCUT2D eigenvalue weighted by molar-refractivity contribution is 7.16. The summed E-state index contributed by atoms with van der Waals surface area (Å²) in [5.74, 6) is -0.645. The van der Waals surface area contributed by atoms with E-state index in [0.717, 1.165) is 31.2 Å². The predicted molar refractivity (Wildman–Crippen MR) is 109 cm³/mol. The van der Waals surface area contributed by atoms with Gasteiger partial charge in [-0.1, -0.05) is 12.8 Å². The monoisotopic (exact) mass is 393 g/mol. The van der Waals surface area contributed by atoms with E-state index in [9.17, 15) is 14.4 Å². The molecule has 0 saturated carbocycles. The molecule has 0 fully saturated rings. The smallest absolute Gasteiger partial charge is 0.258 e. The molecule has 28 heavy (non-hydrogen) atoms. The first-order valence-electron chi connectivity index (χ1n) is 9.49. The lowest BCUT2D eigenvalue weighted by atomic mass is 9.97. The predicted octanol–water partition coefficient (Wildman–Crippen LogP) is 5.53. The van der Waals surface area contributed by atoms with Crippen LogP contribution in [0.25, 0.3) is 10.9 Å². The summed E-state index contributed by atoms with van der Waals surface area (Å²) in [6.45, 7) is 1.73. The number of aryl methyl sites for hydroxylation is 2. The highest BCUT2D eigenvalue weighted by Gasteiger charge is 2.21. The molecule has 0 unspecified atom stereocenters. The lowest BCUT2D eigenvalue weighted by Gasteiger charge is -2.09. The van der Waals surface area contributed by atoms with Gasteiger partial charge in [0.1, 0.15) is 16.9 Å². The molecule has 0 spiro atoms. The molecule has 0 radical (unpaired) electrons. The normalized spacial score (nSPS) is 14.0. The fourth-order valence-corrected chi connectivity index (χ4v) is 5.00. The second-order valence-electron chi connectivity index (χ2n) is 7.15. The lowest BCUT2D eigenvalue weighted by molar-refractivity contribution is 0.102. The highest BCUT2D eigenvalue weighted by Crippen LogP contribution is 2.37. The number of benzene rings is 1. The van der Waals surface area contributed by atoms with Crippen LogP contribution in [0.4, 0.5) is 9.39 Å². The van der Waals surface area contributed by atoms with Gasteiger partial charge in [-0.15, -0.1) is 11.3 Å². The molecule has 6 heteroatoms. The van der Waals surface area contributed by atoms with Crippen LogP contribution in [0.1, 0.15) is 57.7 Å². The van der Waals surface area contributed by atoms with E-state index < -0.39 is 0 Å². The number of amides is 1. The van der Waals surface area contributed by atoms with Crippen LogP contribution in [0.5, 0.6) is 0 Å². The number of nitrogens with one attached hydrogen (secondary N) is 1. The van der Waals surface area contributed by atoms with Crippen LogP contribution in [-0.4, -0.2) is 10.9 Å². The zero-order valence-electron chi connectivity index (χ0n) is 15.6. The Balaban J connectivity index is 1.68. The molecule has 2 heterocycles. The van der Waals surface area contributed by atoms with Gasteiger partial charge in [-0.05, 0) is 56.4 Å². The zero-order chi connectivity index (χ0) is 19.7. The van der Waals surface area contributed by atoms with Crippen LogP contribution in [-0.2, 0) is 12.8 Å². The third-order valence-electron chi connectivity index (χ3n) is 5.23. The molecule has 0 bridgehead atoms. The molecule has 1 aromatic carbocycles. The molecule has 4 nitrogen and oxygen atoms in total. The number of carbonyl (C=O) groups is 1. The average Bonchev–Trinajstić information content (AvgIpc) is 2.96. The Kier molecular flexibility index (Phi) is 5.10. The largest absolute Gasteiger partial charge is 0.312 e. The Hall–Kier alpha value is -2.78. The maximum absolute atomic E-state index is 13.4. The summed E-state index contributed by atoms with van der Waals surface area (Å²) >= 11 is 1.52. The van der Waals surface area contributed by atoms with E-state index in [1.54, 1.807) is 19.1 Å². The Morgan fingerprint density at radius 1 is 1.21 bits per heavy atom. The van der Waals surface area contributed by atoms with Gasteiger partial charge < -0.3 is 5.32 Å². The van der Waals surface area contributed by atoms with Crippen molar-refractivity contribution in [1.82, 2.24) is 4.98 Å². The van der Waals surface area contributed by atoms with E-state index in [1.165, 1.54) is 41.2 Å². The van der Waals surface area contributed by atoms with Gasteiger partial charge >= 0.3 is 0 Å². The Labute approximate surface area is 167 Å². The quantitative estimate of drug-likeness (QED) is 0.623. The minimum absolute atomic E-state index is 0.290. The maximum atomic E-state index is 13.4. The number of rotatable bonds is 2. The molecule has 1 amide bonds. The average molecular weight is 393 g/mol. The van der Waals surface area contributed by atoms with Crippen LogP contribution in [0.15, 0.2) is 24.3 Å². The molecule has 0 saturated heterocycles. The number of fused-ring (bicyclic) bond motifs is 2. The van der Waals surface area contributed by atoms with E-state index in [0.29, 0.717) is 32.7 Å². The van der Waals surface area contributed by atoms with Crippen molar-refractivity contribution in [3.63, 3.8) is 0 Å². The number of nitriles is 1. The molecular weight excluding hydrogens is 373 g/mol. The van der Waals surface area contributed by atoms with E-state index in [2.05, 4.69) is 16.4 Å². The number of anilines is 1. The molecule has 0 atom stereocenters. The Bertz CT molecular complexity index is 1110. The molecule has 0 aliphatic heterocycles.